The molecule has 0 saturated carbocycles. The van der Waals surface area contributed by atoms with Crippen LogP contribution in [-0.4, -0.2) is 59.9 Å². The zero-order valence-corrected chi connectivity index (χ0v) is 39.3. The molecule has 342 valence electrons. The van der Waals surface area contributed by atoms with Crippen molar-refractivity contribution < 1.29 is 28.7 Å². The van der Waals surface area contributed by atoms with Crippen molar-refractivity contribution in [2.45, 2.75) is 107 Å². The summed E-state index contributed by atoms with van der Waals surface area (Å²) in [7, 11) is 0. The van der Waals surface area contributed by atoms with Gasteiger partial charge in [0.2, 0.25) is 11.8 Å². The molecular weight excluding hydrogens is 805 g/mol. The van der Waals surface area contributed by atoms with Crippen molar-refractivity contribution in [3.05, 3.63) is 94.3 Å². The number of esters is 2. The molecule has 0 saturated heterocycles. The molecule has 0 aliphatic heterocycles. The number of ether oxygens (including phenoxy) is 2. The minimum absolute atomic E-state index is 0.0725. The Labute approximate surface area is 377 Å². The predicted octanol–water partition coefficient (Wildman–Crippen LogP) is 10.0. The highest BCUT2D eigenvalue weighted by molar-refractivity contribution is 6.04. The van der Waals surface area contributed by atoms with E-state index in [2.05, 4.69) is 58.9 Å². The minimum atomic E-state index is -0.605. The van der Waals surface area contributed by atoms with Gasteiger partial charge in [-0.25, -0.2) is 9.59 Å². The molecule has 2 aliphatic rings. The fourth-order valence-electron chi connectivity index (χ4n) is 8.81. The van der Waals surface area contributed by atoms with Crippen LogP contribution in [0.4, 0.5) is 11.4 Å². The summed E-state index contributed by atoms with van der Waals surface area (Å²) in [5, 5.41) is 15.3. The minimum Gasteiger partial charge on any atom is -0.452 e. The van der Waals surface area contributed by atoms with Crippen molar-refractivity contribution in [1.29, 1.82) is 0 Å². The fraction of sp³-hybridized carbons (Fsp3) is 0.500. The lowest BCUT2D eigenvalue weighted by Crippen LogP contribution is -2.32. The summed E-state index contributed by atoms with van der Waals surface area (Å²) in [5.41, 5.74) is 6.15. The first-order chi connectivity index (χ1) is 30.2. The van der Waals surface area contributed by atoms with Gasteiger partial charge in [0.25, 0.3) is 0 Å². The summed E-state index contributed by atoms with van der Waals surface area (Å²) in [6.07, 6.45) is 1.52. The molecule has 2 aromatic heterocycles. The second kappa shape index (κ2) is 18.9. The Kier molecular flexibility index (Phi) is 13.8. The maximum absolute atomic E-state index is 14.4. The van der Waals surface area contributed by atoms with Crippen LogP contribution >= 0.6 is 0 Å². The number of fused-ring (bicyclic) bond motifs is 6. The number of hydrogen-bond acceptors (Lipinski definition) is 8. The number of benzene rings is 3. The van der Waals surface area contributed by atoms with Crippen LogP contribution in [0.25, 0.3) is 21.8 Å². The molecule has 12 heteroatoms. The number of rotatable bonds is 14. The molecular formula is C52H68N6O6. The Hall–Kier alpha value is -5.46. The maximum atomic E-state index is 14.4. The molecule has 5 aromatic rings. The number of H-pyrrole nitrogens is 2. The fourth-order valence-corrected chi connectivity index (χ4v) is 8.81. The van der Waals surface area contributed by atoms with E-state index in [-0.39, 0.29) is 34.8 Å². The van der Waals surface area contributed by atoms with Crippen LogP contribution in [-0.2, 0) is 31.9 Å². The van der Waals surface area contributed by atoms with Gasteiger partial charge in [0.15, 0.2) is 0 Å². The van der Waals surface area contributed by atoms with Gasteiger partial charge in [-0.3, -0.25) is 9.59 Å². The van der Waals surface area contributed by atoms with E-state index in [0.717, 1.165) is 83.3 Å². The van der Waals surface area contributed by atoms with Gasteiger partial charge in [0.05, 0.1) is 22.5 Å². The normalized spacial score (nSPS) is 18.8. The molecule has 6 N–H and O–H groups in total. The van der Waals surface area contributed by atoms with E-state index in [0.29, 0.717) is 36.1 Å². The first-order valence-corrected chi connectivity index (χ1v) is 23.1. The van der Waals surface area contributed by atoms with E-state index in [1.165, 1.54) is 0 Å². The van der Waals surface area contributed by atoms with E-state index in [9.17, 15) is 19.2 Å². The monoisotopic (exact) mass is 873 g/mol. The summed E-state index contributed by atoms with van der Waals surface area (Å²) in [6.45, 7) is 23.2. The summed E-state index contributed by atoms with van der Waals surface area (Å²) >= 11 is 0. The second-order valence-corrected chi connectivity index (χ2v) is 21.0. The average molecular weight is 873 g/mol. The van der Waals surface area contributed by atoms with Crippen LogP contribution in [0.5, 0.6) is 0 Å². The van der Waals surface area contributed by atoms with E-state index in [4.69, 9.17) is 9.47 Å². The zero-order valence-electron chi connectivity index (χ0n) is 39.3. The predicted molar refractivity (Wildman–Crippen MR) is 255 cm³/mol. The molecule has 2 amide bonds. The lowest BCUT2D eigenvalue weighted by molar-refractivity contribution is -0.123. The van der Waals surface area contributed by atoms with Crippen LogP contribution in [0.2, 0.25) is 0 Å². The molecule has 64 heavy (non-hydrogen) atoms. The Morgan fingerprint density at radius 2 is 1.00 bits per heavy atom. The number of carbonyl (C=O) groups excluding carboxylic acids is 4. The molecule has 0 spiro atoms. The van der Waals surface area contributed by atoms with Crippen molar-refractivity contribution in [3.8, 4) is 0 Å². The van der Waals surface area contributed by atoms with E-state index < -0.39 is 35.0 Å². The van der Waals surface area contributed by atoms with Gasteiger partial charge in [0.1, 0.15) is 12.2 Å². The van der Waals surface area contributed by atoms with Gasteiger partial charge in [0, 0.05) is 44.0 Å². The lowest BCUT2D eigenvalue weighted by Gasteiger charge is -2.30. The maximum Gasteiger partial charge on any atom is 0.339 e. The van der Waals surface area contributed by atoms with Crippen LogP contribution in [0, 0.1) is 34.5 Å². The molecule has 0 fully saturated rings. The van der Waals surface area contributed by atoms with Gasteiger partial charge < -0.3 is 40.7 Å². The van der Waals surface area contributed by atoms with Crippen LogP contribution < -0.4 is 21.3 Å². The summed E-state index contributed by atoms with van der Waals surface area (Å²) < 4.78 is 12.9. The zero-order chi connectivity index (χ0) is 46.1. The Morgan fingerprint density at radius 1 is 0.609 bits per heavy atom. The van der Waals surface area contributed by atoms with Crippen molar-refractivity contribution in [2.75, 3.05) is 36.8 Å². The third kappa shape index (κ3) is 10.7. The van der Waals surface area contributed by atoms with Gasteiger partial charge in [-0.1, -0.05) is 81.4 Å². The number of carbonyl (C=O) groups is 4. The lowest BCUT2D eigenvalue weighted by atomic mass is 9.84. The molecule has 0 radical (unpaired) electrons. The summed E-state index contributed by atoms with van der Waals surface area (Å²) in [6, 6.07) is 18.4. The van der Waals surface area contributed by atoms with Crippen LogP contribution in [0.15, 0.2) is 60.7 Å². The number of amides is 2. The molecule has 4 unspecified atom stereocenters. The average Bonchev–Trinajstić information content (AvgIpc) is 3.78. The molecule has 0 bridgehead atoms. The number of aromatic amines is 2. The van der Waals surface area contributed by atoms with Gasteiger partial charge >= 0.3 is 11.9 Å². The molecule has 2 heterocycles. The second-order valence-electron chi connectivity index (χ2n) is 21.0. The number of anilines is 2. The topological polar surface area (TPSA) is 166 Å². The standard InChI is InChI=1S/C52H68N6O6/c1-29(2)25-53-27-31-19-39-37-23-33(55-49(61)51(5,6)7)15-17-41(37)57-45(39)43(21-31)63-47(59)35-13-11-12-14-36(35)48(60)64-44-22-32(28-54-26-30(3)4)20-40-38-24-34(56-50(62)52(8,9)10)16-18-42(38)58-46(40)44/h11-18,23-24,29-32,43-44,53-54,57-58H,19-22,25-28H2,1-10H3,(H,55,61)(H,56,62). The highest BCUT2D eigenvalue weighted by Crippen LogP contribution is 2.43. The first kappa shape index (κ1) is 46.5. The SMILES string of the molecule is CC(C)CNCC1Cc2c([nH]c3ccc(NC(=O)C(C)(C)C)cc23)C(OC(=O)c2ccccc2C(=O)OC2CC(CNCC(C)C)Cc3c2[nH]c2ccc(NC(=O)C(C)(C)C)cc32)C1. The van der Waals surface area contributed by atoms with E-state index >= 15 is 0 Å². The molecule has 2 aliphatic carbocycles. The van der Waals surface area contributed by atoms with Crippen molar-refractivity contribution >= 4 is 56.9 Å². The third-order valence-corrected chi connectivity index (χ3v) is 12.3. The number of hydrogen-bond donors (Lipinski definition) is 6. The quantitative estimate of drug-likeness (QED) is 0.0600. The van der Waals surface area contributed by atoms with Crippen molar-refractivity contribution in [2.24, 2.45) is 34.5 Å². The van der Waals surface area contributed by atoms with Gasteiger partial charge in [-0.15, -0.1) is 0 Å². The molecule has 3 aromatic carbocycles. The van der Waals surface area contributed by atoms with Gasteiger partial charge in [-0.2, -0.15) is 0 Å². The Morgan fingerprint density at radius 3 is 1.36 bits per heavy atom. The highest BCUT2D eigenvalue weighted by Gasteiger charge is 2.36. The van der Waals surface area contributed by atoms with Crippen LogP contribution in [0.3, 0.4) is 0 Å². The smallest absolute Gasteiger partial charge is 0.339 e. The largest absolute Gasteiger partial charge is 0.452 e. The summed E-state index contributed by atoms with van der Waals surface area (Å²) in [4.78, 5) is 61.7. The first-order valence-electron chi connectivity index (χ1n) is 23.1. The van der Waals surface area contributed by atoms with Gasteiger partial charge in [-0.05, 0) is 135 Å². The van der Waals surface area contributed by atoms with Crippen molar-refractivity contribution in [1.82, 2.24) is 20.6 Å². The number of aromatic nitrogens is 2. The van der Waals surface area contributed by atoms with E-state index in [1.807, 2.05) is 77.9 Å². The highest BCUT2D eigenvalue weighted by atomic mass is 16.6. The molecule has 12 nitrogen and oxygen atoms in total. The summed E-state index contributed by atoms with van der Waals surface area (Å²) in [5.74, 6) is -0.0550. The Bertz CT molecular complexity index is 2350. The molecule has 4 atom stereocenters. The molecule has 7 rings (SSSR count). The number of nitrogens with one attached hydrogen (secondary N) is 6. The third-order valence-electron chi connectivity index (χ3n) is 12.3. The Balaban J connectivity index is 1.16. The van der Waals surface area contributed by atoms with E-state index in [1.54, 1.807) is 24.3 Å². The van der Waals surface area contributed by atoms with Crippen LogP contribution in [0.1, 0.15) is 138 Å². The van der Waals surface area contributed by atoms with Crippen molar-refractivity contribution in [3.63, 3.8) is 0 Å².